The van der Waals surface area contributed by atoms with E-state index in [9.17, 15) is 9.59 Å². The van der Waals surface area contributed by atoms with Gasteiger partial charge in [-0.25, -0.2) is 0 Å². The van der Waals surface area contributed by atoms with Crippen molar-refractivity contribution in [3.8, 4) is 0 Å². The molecule has 3 N–H and O–H groups in total. The molecule has 0 radical (unpaired) electrons. The summed E-state index contributed by atoms with van der Waals surface area (Å²) in [7, 11) is 0. The summed E-state index contributed by atoms with van der Waals surface area (Å²) < 4.78 is 0. The number of carbonyl (C=O) groups excluding carboxylic acids is 2. The van der Waals surface area contributed by atoms with Gasteiger partial charge in [0, 0.05) is 6.54 Å². The van der Waals surface area contributed by atoms with Crippen LogP contribution in [0.25, 0.3) is 0 Å². The van der Waals surface area contributed by atoms with Gasteiger partial charge in [-0.2, -0.15) is 0 Å². The SMILES string of the molecule is CC1(C)C(=O)NC(=O)CN1CCCN. The summed E-state index contributed by atoms with van der Waals surface area (Å²) in [6.07, 6.45) is 0.796. The molecule has 1 heterocycles. The second kappa shape index (κ2) is 4.06. The summed E-state index contributed by atoms with van der Waals surface area (Å²) in [6, 6.07) is 0. The van der Waals surface area contributed by atoms with E-state index in [2.05, 4.69) is 5.32 Å². The van der Waals surface area contributed by atoms with Gasteiger partial charge in [0.2, 0.25) is 11.8 Å². The number of hydrogen-bond donors (Lipinski definition) is 2. The lowest BCUT2D eigenvalue weighted by molar-refractivity contribution is -0.145. The maximum absolute atomic E-state index is 11.5. The highest BCUT2D eigenvalue weighted by molar-refractivity contribution is 6.02. The molecule has 0 aliphatic carbocycles. The second-order valence-electron chi connectivity index (χ2n) is 4.00. The van der Waals surface area contributed by atoms with Crippen LogP contribution in [0.2, 0.25) is 0 Å². The molecule has 0 aromatic heterocycles. The Kier molecular flexibility index (Phi) is 3.23. The van der Waals surface area contributed by atoms with Crippen LogP contribution in [0.4, 0.5) is 0 Å². The largest absolute Gasteiger partial charge is 0.330 e. The Labute approximate surface area is 83.6 Å². The van der Waals surface area contributed by atoms with Crippen molar-refractivity contribution < 1.29 is 9.59 Å². The van der Waals surface area contributed by atoms with Crippen molar-refractivity contribution in [2.75, 3.05) is 19.6 Å². The first kappa shape index (κ1) is 11.1. The van der Waals surface area contributed by atoms with Crippen LogP contribution in [-0.2, 0) is 9.59 Å². The standard InChI is InChI=1S/C9H17N3O2/c1-9(2)8(14)11-7(13)6-12(9)5-3-4-10/h3-6,10H2,1-2H3,(H,11,13,14). The number of rotatable bonds is 3. The van der Waals surface area contributed by atoms with E-state index in [1.54, 1.807) is 0 Å². The highest BCUT2D eigenvalue weighted by atomic mass is 16.2. The molecule has 5 heteroatoms. The highest BCUT2D eigenvalue weighted by Gasteiger charge is 2.40. The van der Waals surface area contributed by atoms with Gasteiger partial charge in [0.25, 0.3) is 0 Å². The van der Waals surface area contributed by atoms with E-state index in [0.29, 0.717) is 13.1 Å². The molecule has 1 rings (SSSR count). The number of amides is 2. The maximum Gasteiger partial charge on any atom is 0.246 e. The fourth-order valence-electron chi connectivity index (χ4n) is 1.47. The molecule has 80 valence electrons. The van der Waals surface area contributed by atoms with E-state index in [-0.39, 0.29) is 18.4 Å². The summed E-state index contributed by atoms with van der Waals surface area (Å²) in [6.45, 7) is 5.15. The van der Waals surface area contributed by atoms with Gasteiger partial charge in [-0.1, -0.05) is 0 Å². The first-order chi connectivity index (χ1) is 6.48. The number of nitrogens with one attached hydrogen (secondary N) is 1. The van der Waals surface area contributed by atoms with E-state index >= 15 is 0 Å². The Hall–Kier alpha value is -0.940. The summed E-state index contributed by atoms with van der Waals surface area (Å²) in [5.74, 6) is -0.461. The van der Waals surface area contributed by atoms with Crippen LogP contribution in [-0.4, -0.2) is 41.9 Å². The number of nitrogens with two attached hydrogens (primary N) is 1. The minimum Gasteiger partial charge on any atom is -0.330 e. The van der Waals surface area contributed by atoms with E-state index < -0.39 is 5.54 Å². The summed E-state index contributed by atoms with van der Waals surface area (Å²) in [5, 5.41) is 2.33. The molecule has 0 unspecified atom stereocenters. The van der Waals surface area contributed by atoms with Crippen LogP contribution >= 0.6 is 0 Å². The average molecular weight is 199 g/mol. The quantitative estimate of drug-likeness (QED) is 0.576. The Balaban J connectivity index is 2.69. The van der Waals surface area contributed by atoms with E-state index in [1.165, 1.54) is 0 Å². The van der Waals surface area contributed by atoms with Gasteiger partial charge < -0.3 is 5.73 Å². The van der Waals surface area contributed by atoms with Gasteiger partial charge in [-0.15, -0.1) is 0 Å². The number of nitrogens with zero attached hydrogens (tertiary/aromatic N) is 1. The van der Waals surface area contributed by atoms with Crippen molar-refractivity contribution in [2.24, 2.45) is 5.73 Å². The number of carbonyl (C=O) groups is 2. The Morgan fingerprint density at radius 1 is 1.50 bits per heavy atom. The Morgan fingerprint density at radius 2 is 2.14 bits per heavy atom. The molecular weight excluding hydrogens is 182 g/mol. The monoisotopic (exact) mass is 199 g/mol. The molecule has 1 saturated heterocycles. The van der Waals surface area contributed by atoms with Crippen molar-refractivity contribution >= 4 is 11.8 Å². The van der Waals surface area contributed by atoms with Gasteiger partial charge in [0.15, 0.2) is 0 Å². The molecule has 0 spiro atoms. The lowest BCUT2D eigenvalue weighted by Gasteiger charge is -2.40. The van der Waals surface area contributed by atoms with Crippen LogP contribution in [0.1, 0.15) is 20.3 Å². The fourth-order valence-corrected chi connectivity index (χ4v) is 1.47. The summed E-state index contributed by atoms with van der Waals surface area (Å²) in [4.78, 5) is 24.5. The Morgan fingerprint density at radius 3 is 2.71 bits per heavy atom. The lowest BCUT2D eigenvalue weighted by Crippen LogP contribution is -2.64. The van der Waals surface area contributed by atoms with Crippen LogP contribution in [0.3, 0.4) is 0 Å². The van der Waals surface area contributed by atoms with Gasteiger partial charge >= 0.3 is 0 Å². The third kappa shape index (κ3) is 2.10. The number of imide groups is 1. The molecule has 0 bridgehead atoms. The minimum absolute atomic E-state index is 0.230. The van der Waals surface area contributed by atoms with Gasteiger partial charge in [-0.3, -0.25) is 19.8 Å². The molecule has 0 aromatic carbocycles. The zero-order valence-electron chi connectivity index (χ0n) is 8.67. The van der Waals surface area contributed by atoms with Crippen molar-refractivity contribution in [3.05, 3.63) is 0 Å². The van der Waals surface area contributed by atoms with E-state index in [4.69, 9.17) is 5.73 Å². The molecule has 14 heavy (non-hydrogen) atoms. The summed E-state index contributed by atoms with van der Waals surface area (Å²) >= 11 is 0. The molecule has 1 aliphatic heterocycles. The zero-order chi connectivity index (χ0) is 10.8. The normalized spacial score (nSPS) is 22.2. The molecule has 1 fully saturated rings. The Bertz CT molecular complexity index is 250. The molecule has 0 atom stereocenters. The van der Waals surface area contributed by atoms with Gasteiger partial charge in [-0.05, 0) is 26.8 Å². The molecule has 0 aromatic rings. The first-order valence-electron chi connectivity index (χ1n) is 4.78. The van der Waals surface area contributed by atoms with Crippen LogP contribution in [0.15, 0.2) is 0 Å². The second-order valence-corrected chi connectivity index (χ2v) is 4.00. The average Bonchev–Trinajstić information content (AvgIpc) is 2.09. The van der Waals surface area contributed by atoms with Crippen molar-refractivity contribution in [1.82, 2.24) is 10.2 Å². The first-order valence-corrected chi connectivity index (χ1v) is 4.78. The third-order valence-corrected chi connectivity index (χ3v) is 2.57. The van der Waals surface area contributed by atoms with Crippen molar-refractivity contribution in [1.29, 1.82) is 0 Å². The van der Waals surface area contributed by atoms with Crippen LogP contribution < -0.4 is 11.1 Å². The molecule has 1 aliphatic rings. The van der Waals surface area contributed by atoms with Gasteiger partial charge in [0.05, 0.1) is 12.1 Å². The minimum atomic E-state index is -0.608. The summed E-state index contributed by atoms with van der Waals surface area (Å²) in [5.41, 5.74) is 4.78. The van der Waals surface area contributed by atoms with Crippen molar-refractivity contribution in [3.63, 3.8) is 0 Å². The number of piperazine rings is 1. The van der Waals surface area contributed by atoms with Crippen molar-refractivity contribution in [2.45, 2.75) is 25.8 Å². The van der Waals surface area contributed by atoms with Gasteiger partial charge in [0.1, 0.15) is 0 Å². The third-order valence-electron chi connectivity index (χ3n) is 2.57. The predicted molar refractivity (Wildman–Crippen MR) is 52.5 cm³/mol. The number of hydrogen-bond acceptors (Lipinski definition) is 4. The van der Waals surface area contributed by atoms with Crippen LogP contribution in [0, 0.1) is 0 Å². The predicted octanol–water partition coefficient (Wildman–Crippen LogP) is -0.928. The highest BCUT2D eigenvalue weighted by Crippen LogP contribution is 2.17. The zero-order valence-corrected chi connectivity index (χ0v) is 8.67. The van der Waals surface area contributed by atoms with E-state index in [1.807, 2.05) is 18.7 Å². The molecule has 2 amide bonds. The molecule has 0 saturated carbocycles. The smallest absolute Gasteiger partial charge is 0.246 e. The van der Waals surface area contributed by atoms with Crippen LogP contribution in [0.5, 0.6) is 0 Å². The fraction of sp³-hybridized carbons (Fsp3) is 0.778. The maximum atomic E-state index is 11.5. The van der Waals surface area contributed by atoms with E-state index in [0.717, 1.165) is 6.42 Å². The molecular formula is C9H17N3O2. The molecule has 5 nitrogen and oxygen atoms in total. The topological polar surface area (TPSA) is 75.4 Å². The lowest BCUT2D eigenvalue weighted by atomic mass is 9.98.